The summed E-state index contributed by atoms with van der Waals surface area (Å²) in [5.41, 5.74) is 0.0302. The van der Waals surface area contributed by atoms with Crippen LogP contribution in [0.5, 0.6) is 5.75 Å². The van der Waals surface area contributed by atoms with Crippen LogP contribution < -0.4 is 4.74 Å². The molecule has 4 heteroatoms. The molecular weight excluding hydrogens is 274 g/mol. The van der Waals surface area contributed by atoms with E-state index in [1.165, 1.54) is 12.1 Å². The molecule has 0 amide bonds. The van der Waals surface area contributed by atoms with Gasteiger partial charge in [0.05, 0.1) is 5.02 Å². The molecule has 2 rings (SSSR count). The van der Waals surface area contributed by atoms with Gasteiger partial charge in [-0.3, -0.25) is 0 Å². The number of hydrogen-bond donors (Lipinski definition) is 0. The van der Waals surface area contributed by atoms with Crippen LogP contribution in [0.4, 0.5) is 4.39 Å². The highest BCUT2D eigenvalue weighted by Crippen LogP contribution is 2.51. The molecule has 0 saturated heterocycles. The molecule has 1 aromatic carbocycles. The van der Waals surface area contributed by atoms with Crippen molar-refractivity contribution in [3.05, 3.63) is 29.0 Å². The van der Waals surface area contributed by atoms with E-state index in [0.717, 1.165) is 19.3 Å². The molecule has 0 aromatic heterocycles. The third-order valence-corrected chi connectivity index (χ3v) is 5.07. The number of benzene rings is 1. The molecule has 0 N–H and O–H groups in total. The van der Waals surface area contributed by atoms with E-state index < -0.39 is 5.82 Å². The Balaban J connectivity index is 2.12. The monoisotopic (exact) mass is 290 g/mol. The topological polar surface area (TPSA) is 9.23 Å². The average Bonchev–Trinajstić information content (AvgIpc) is 2.35. The Labute approximate surface area is 117 Å². The van der Waals surface area contributed by atoms with Gasteiger partial charge in [0, 0.05) is 23.3 Å². The molecule has 1 saturated carbocycles. The molecule has 0 radical (unpaired) electrons. The molecule has 1 nitrogen and oxygen atoms in total. The zero-order valence-electron chi connectivity index (χ0n) is 10.6. The van der Waals surface area contributed by atoms with Crippen LogP contribution in [0, 0.1) is 11.2 Å². The van der Waals surface area contributed by atoms with Crippen LogP contribution in [0.3, 0.4) is 0 Å². The predicted molar refractivity (Wildman–Crippen MR) is 73.1 cm³/mol. The molecule has 2 unspecified atom stereocenters. The van der Waals surface area contributed by atoms with E-state index in [-0.39, 0.29) is 21.9 Å². The third kappa shape index (κ3) is 2.21. The van der Waals surface area contributed by atoms with Crippen molar-refractivity contribution in [1.29, 1.82) is 0 Å². The van der Waals surface area contributed by atoms with Gasteiger partial charge in [-0.1, -0.05) is 25.4 Å². The average molecular weight is 291 g/mol. The minimum absolute atomic E-state index is 0.0302. The van der Waals surface area contributed by atoms with Crippen LogP contribution in [0.15, 0.2) is 18.2 Å². The van der Waals surface area contributed by atoms with Gasteiger partial charge >= 0.3 is 0 Å². The fourth-order valence-corrected chi connectivity index (χ4v) is 3.51. The Morgan fingerprint density at radius 1 is 1.39 bits per heavy atom. The minimum atomic E-state index is -0.426. The van der Waals surface area contributed by atoms with Gasteiger partial charge in [-0.2, -0.15) is 0 Å². The van der Waals surface area contributed by atoms with Crippen LogP contribution in [-0.2, 0) is 0 Å². The van der Waals surface area contributed by atoms with E-state index in [0.29, 0.717) is 5.75 Å². The fourth-order valence-electron chi connectivity index (χ4n) is 2.73. The molecule has 1 fully saturated rings. The largest absolute Gasteiger partial charge is 0.490 e. The first-order valence-electron chi connectivity index (χ1n) is 6.29. The second-order valence-electron chi connectivity index (χ2n) is 4.83. The number of alkyl halides is 1. The van der Waals surface area contributed by atoms with E-state index in [9.17, 15) is 4.39 Å². The molecule has 2 atom stereocenters. The Morgan fingerprint density at radius 2 is 2.06 bits per heavy atom. The quantitative estimate of drug-likeness (QED) is 0.706. The maximum absolute atomic E-state index is 13.1. The van der Waals surface area contributed by atoms with E-state index in [4.69, 9.17) is 27.9 Å². The number of halogens is 3. The number of ether oxygens (including phenoxy) is 1. The summed E-state index contributed by atoms with van der Waals surface area (Å²) in [6.45, 7) is 4.26. The lowest BCUT2D eigenvalue weighted by Crippen LogP contribution is -2.56. The summed E-state index contributed by atoms with van der Waals surface area (Å²) in [6, 6.07) is 4.46. The summed E-state index contributed by atoms with van der Waals surface area (Å²) in [5.74, 6) is 0.186. The van der Waals surface area contributed by atoms with Crippen molar-refractivity contribution in [2.45, 2.75) is 44.6 Å². The van der Waals surface area contributed by atoms with Gasteiger partial charge in [0.2, 0.25) is 0 Å². The molecule has 1 aliphatic rings. The normalized spacial score (nSPS) is 25.6. The van der Waals surface area contributed by atoms with Crippen LogP contribution in [0.25, 0.3) is 0 Å². The lowest BCUT2D eigenvalue weighted by atomic mass is 9.62. The standard InChI is InChI=1S/C14H17Cl2FO/c1-3-14(4-2)12(16)8-13(14)18-9-5-6-11(17)10(15)7-9/h5-7,12-13H,3-4,8H2,1-2H3. The van der Waals surface area contributed by atoms with E-state index >= 15 is 0 Å². The highest BCUT2D eigenvalue weighted by atomic mass is 35.5. The van der Waals surface area contributed by atoms with Crippen LogP contribution in [0.2, 0.25) is 5.02 Å². The van der Waals surface area contributed by atoms with Gasteiger partial charge in [0.25, 0.3) is 0 Å². The Kier molecular flexibility index (Phi) is 4.08. The molecule has 0 aliphatic heterocycles. The van der Waals surface area contributed by atoms with Crippen molar-refractivity contribution in [2.24, 2.45) is 5.41 Å². The summed E-state index contributed by atoms with van der Waals surface area (Å²) in [7, 11) is 0. The first-order chi connectivity index (χ1) is 8.53. The van der Waals surface area contributed by atoms with Gasteiger partial charge in [-0.25, -0.2) is 4.39 Å². The zero-order valence-corrected chi connectivity index (χ0v) is 12.1. The highest BCUT2D eigenvalue weighted by Gasteiger charge is 2.53. The van der Waals surface area contributed by atoms with Crippen molar-refractivity contribution < 1.29 is 9.13 Å². The minimum Gasteiger partial charge on any atom is -0.490 e. The Hall–Kier alpha value is -0.470. The van der Waals surface area contributed by atoms with Gasteiger partial charge in [-0.15, -0.1) is 11.6 Å². The van der Waals surface area contributed by atoms with Crippen molar-refractivity contribution in [3.8, 4) is 5.75 Å². The van der Waals surface area contributed by atoms with Crippen molar-refractivity contribution in [2.75, 3.05) is 0 Å². The fraction of sp³-hybridized carbons (Fsp3) is 0.571. The molecule has 18 heavy (non-hydrogen) atoms. The van der Waals surface area contributed by atoms with Crippen molar-refractivity contribution >= 4 is 23.2 Å². The first-order valence-corrected chi connectivity index (χ1v) is 7.10. The molecule has 0 spiro atoms. The third-order valence-electron chi connectivity index (χ3n) is 4.17. The van der Waals surface area contributed by atoms with E-state index in [1.54, 1.807) is 6.07 Å². The summed E-state index contributed by atoms with van der Waals surface area (Å²) in [5, 5.41) is 0.251. The first kappa shape index (κ1) is 14.0. The van der Waals surface area contributed by atoms with Crippen LogP contribution in [-0.4, -0.2) is 11.5 Å². The summed E-state index contributed by atoms with van der Waals surface area (Å²) < 4.78 is 19.0. The lowest BCUT2D eigenvalue weighted by molar-refractivity contribution is -0.0462. The van der Waals surface area contributed by atoms with E-state index in [2.05, 4.69) is 13.8 Å². The maximum Gasteiger partial charge on any atom is 0.142 e. The molecule has 0 heterocycles. The molecule has 1 aromatic rings. The predicted octanol–water partition coefficient (Wildman–Crippen LogP) is 5.04. The SMILES string of the molecule is CCC1(CC)C(Cl)CC1Oc1ccc(F)c(Cl)c1. The van der Waals surface area contributed by atoms with Gasteiger partial charge in [0.15, 0.2) is 0 Å². The number of rotatable bonds is 4. The Morgan fingerprint density at radius 3 is 2.56 bits per heavy atom. The molecular formula is C14H17Cl2FO. The van der Waals surface area contributed by atoms with Crippen LogP contribution in [0.1, 0.15) is 33.1 Å². The number of hydrogen-bond acceptors (Lipinski definition) is 1. The maximum atomic E-state index is 13.1. The van der Waals surface area contributed by atoms with E-state index in [1.807, 2.05) is 0 Å². The van der Waals surface area contributed by atoms with Crippen LogP contribution >= 0.6 is 23.2 Å². The molecule has 100 valence electrons. The highest BCUT2D eigenvalue weighted by molar-refractivity contribution is 6.30. The van der Waals surface area contributed by atoms with Crippen molar-refractivity contribution in [3.63, 3.8) is 0 Å². The van der Waals surface area contributed by atoms with Gasteiger partial charge in [0.1, 0.15) is 17.7 Å². The second-order valence-corrected chi connectivity index (χ2v) is 5.76. The van der Waals surface area contributed by atoms with Gasteiger partial charge < -0.3 is 4.74 Å². The summed E-state index contributed by atoms with van der Waals surface area (Å²) in [4.78, 5) is 0. The summed E-state index contributed by atoms with van der Waals surface area (Å²) in [6.07, 6.45) is 2.89. The summed E-state index contributed by atoms with van der Waals surface area (Å²) >= 11 is 12.1. The van der Waals surface area contributed by atoms with Crippen molar-refractivity contribution in [1.82, 2.24) is 0 Å². The lowest BCUT2D eigenvalue weighted by Gasteiger charge is -2.52. The molecule has 0 bridgehead atoms. The molecule has 1 aliphatic carbocycles. The zero-order chi connectivity index (χ0) is 13.3. The smallest absolute Gasteiger partial charge is 0.142 e. The Bertz CT molecular complexity index is 432. The van der Waals surface area contributed by atoms with Gasteiger partial charge in [-0.05, 0) is 25.0 Å². The second kappa shape index (κ2) is 5.26.